The van der Waals surface area contributed by atoms with Crippen molar-refractivity contribution < 1.29 is 240 Å². The van der Waals surface area contributed by atoms with Crippen LogP contribution in [-0.4, -0.2) is 481 Å². The molecule has 0 spiro atoms. The van der Waals surface area contributed by atoms with Gasteiger partial charge in [-0.05, 0) is 18.4 Å². The summed E-state index contributed by atoms with van der Waals surface area (Å²) in [6, 6.07) is -11.0. The van der Waals surface area contributed by atoms with Gasteiger partial charge in [0.05, 0.1) is 162 Å². The van der Waals surface area contributed by atoms with Crippen LogP contribution in [0.4, 0.5) is 0 Å². The van der Waals surface area contributed by atoms with Crippen LogP contribution in [0.5, 0.6) is 0 Å². The summed E-state index contributed by atoms with van der Waals surface area (Å²) in [7, 11) is 4.65. The van der Waals surface area contributed by atoms with E-state index in [1.165, 1.54) is 0 Å². The van der Waals surface area contributed by atoms with Crippen LogP contribution in [0.2, 0.25) is 0 Å². The zero-order valence-corrected chi connectivity index (χ0v) is 75.4. The lowest BCUT2D eigenvalue weighted by Crippen LogP contribution is -2.70. The highest BCUT2D eigenvalue weighted by atomic mass is 16.8. The van der Waals surface area contributed by atoms with Crippen molar-refractivity contribution in [2.75, 3.05) is 95.5 Å². The smallest absolute Gasteiger partial charge is 0.366 e. The zero-order chi connectivity index (χ0) is 102. The number of hydrogen-bond acceptors (Lipinski definition) is 50. The number of azide groups is 1. The van der Waals surface area contributed by atoms with Crippen LogP contribution in [0.15, 0.2) is 5.11 Å². The minimum absolute atomic E-state index is 0.111. The van der Waals surface area contributed by atoms with Crippen molar-refractivity contribution >= 4 is 71.3 Å². The Balaban J connectivity index is 1.26. The third-order valence-corrected chi connectivity index (χ3v) is 22.9. The predicted molar refractivity (Wildman–Crippen MR) is 430 cm³/mol. The van der Waals surface area contributed by atoms with Crippen LogP contribution in [0, 0.1) is 0 Å². The number of aliphatic hydroxyl groups excluding tert-OH is 19. The number of nitrogens with zero attached hydrogens (tertiary/aromatic N) is 3. The van der Waals surface area contributed by atoms with Crippen molar-refractivity contribution in [1.82, 2.24) is 31.9 Å². The van der Waals surface area contributed by atoms with Crippen LogP contribution >= 0.6 is 0 Å². The highest BCUT2D eigenvalue weighted by Crippen LogP contribution is 2.43. The highest BCUT2D eigenvalue weighted by molar-refractivity contribution is 5.82. The maximum atomic E-state index is 14.2. The quantitative estimate of drug-likeness (QED) is 0.00672. The molecular weight excluding hydrogens is 1830 g/mol. The number of rotatable bonds is 47. The first kappa shape index (κ1) is 115. The minimum atomic E-state index is -3.21. The molecule has 6 heterocycles. The summed E-state index contributed by atoms with van der Waals surface area (Å²) >= 11 is 0. The van der Waals surface area contributed by atoms with E-state index >= 15 is 0 Å². The zero-order valence-electron chi connectivity index (χ0n) is 75.4. The summed E-state index contributed by atoms with van der Waals surface area (Å²) in [4.78, 5) is 162. The van der Waals surface area contributed by atoms with Gasteiger partial charge in [0.2, 0.25) is 35.4 Å². The van der Waals surface area contributed by atoms with E-state index in [1.807, 2.05) is 0 Å². The molecule has 58 nitrogen and oxygen atoms in total. The van der Waals surface area contributed by atoms with Crippen molar-refractivity contribution in [2.45, 2.75) is 317 Å². The molecule has 25 N–H and O–H groups in total. The largest absolute Gasteiger partial charge is 0.465 e. The van der Waals surface area contributed by atoms with E-state index in [2.05, 4.69) is 41.9 Å². The van der Waals surface area contributed by atoms with E-state index in [0.717, 1.165) is 77.1 Å². The van der Waals surface area contributed by atoms with Gasteiger partial charge >= 0.3 is 35.8 Å². The standard InChI is InChI=1S/C77H125N9O49/c1-30(88)80-48-37(95)19-73(67(113)119-8,131-60(48)54(106)42(100)24-87)125-26-44(102)56(108)62-50(82-32(3)90)39(97)21-75(133-62,69(115)121-10)127-28-46(104)58(110)64-52(84-34(5)92)41(99)23-77(135-64,71(117)123-12)129-29-47(105)59(111)65-53(85-35(6)93)40(98)22-76(134-65,70(116)122-11)128-27-45(103)57(109)63-51(83-33(4)91)38(96)20-74(132-63,68(114)120-9)126-25-43(101)55(107)61-49(81-31(2)89)36(94)18-72(130-61,66(112)118-7)124-17-15-13-14-16-79-86-78/h36-65,87,94-111H,13-29H2,1-12H3,(H,80,88)(H,81,89)(H,82,90)(H,83,91)(H,84,92)(H,85,93)/t36-,37-,38-,39-,40-,41-,42+,43+,44+,45+,46+,47+,48+,49+,50+,51+,52+,53+,54+,55+,56+,57+,58+,59+,60+,61+,62+,63+,64+,65+,72+,73+,74+,75+,76+,77+/m0/s1. The number of hydrogen-bond donors (Lipinski definition) is 25. The van der Waals surface area contributed by atoms with Gasteiger partial charge in [0.25, 0.3) is 34.7 Å². The molecule has 0 radical (unpaired) electrons. The highest BCUT2D eigenvalue weighted by Gasteiger charge is 2.65. The second kappa shape index (κ2) is 50.5. The van der Waals surface area contributed by atoms with Gasteiger partial charge in [-0.25, -0.2) is 28.8 Å². The Kier molecular flexibility index (Phi) is 43.2. The van der Waals surface area contributed by atoms with E-state index in [4.69, 9.17) is 90.8 Å². The molecular formula is C77H125N9O49. The maximum Gasteiger partial charge on any atom is 0.366 e. The Morgan fingerprint density at radius 3 is 0.652 bits per heavy atom. The molecule has 6 aliphatic heterocycles. The fourth-order valence-corrected chi connectivity index (χ4v) is 16.3. The van der Waals surface area contributed by atoms with Crippen molar-refractivity contribution in [1.29, 1.82) is 0 Å². The SMILES string of the molecule is COC(=O)[C@@]1(OC[C@@H](O)[C@@H](O)[C@@H]2O[C@@](OC[C@@H](O)[C@@H](O)[C@@H]3O[C@@](OC[C@@H](O)[C@@H](O)[C@@H]4O[C@@](OC[C@@H](O)[C@@H](O)[C@@H]5O[C@@](OC[C@@H](O)[C@@H](O)[C@@H]6O[C@@](OCCCCCN=[N+]=[N-])(C(=O)OC)C[C@H](O)[C@H]6NC(C)=O)(C(=O)OC)C[C@H](O)[C@H]5NC(C)=O)(C(=O)OC)C[C@H](O)[C@H]4NC(C)=O)(C(=O)OC)C[C@H](O)[C@H]3NC(C)=O)(C(=O)OC)C[C@H](O)[C@H]2NC(C)=O)C[C@H](O)[C@@H](NC(C)=O)[C@H]([C@H](O)[C@H](O)CO)O1. The fourth-order valence-electron chi connectivity index (χ4n) is 16.3. The first-order valence-electron chi connectivity index (χ1n) is 42.2. The lowest BCUT2D eigenvalue weighted by molar-refractivity contribution is -0.336. The summed E-state index contributed by atoms with van der Waals surface area (Å²) in [5.74, 6) is -33.0. The summed E-state index contributed by atoms with van der Waals surface area (Å²) in [5.41, 5.74) is 8.63. The first-order chi connectivity index (χ1) is 63.2. The second-order valence-electron chi connectivity index (χ2n) is 32.9. The van der Waals surface area contributed by atoms with E-state index in [1.54, 1.807) is 0 Å². The third kappa shape index (κ3) is 28.1. The summed E-state index contributed by atoms with van der Waals surface area (Å²) in [6.45, 7) is -2.78. The van der Waals surface area contributed by atoms with E-state index < -0.39 is 367 Å². The van der Waals surface area contributed by atoms with Gasteiger partial charge in [0.15, 0.2) is 0 Å². The molecule has 0 bridgehead atoms. The molecule has 6 aliphatic rings. The number of methoxy groups -OCH3 is 6. The molecule has 36 atom stereocenters. The van der Waals surface area contributed by atoms with Crippen molar-refractivity contribution in [2.24, 2.45) is 5.11 Å². The molecule has 772 valence electrons. The second-order valence-corrected chi connectivity index (χ2v) is 32.9. The molecule has 58 heteroatoms. The van der Waals surface area contributed by atoms with E-state index in [9.17, 15) is 155 Å². The third-order valence-electron chi connectivity index (χ3n) is 22.9. The van der Waals surface area contributed by atoms with Crippen LogP contribution in [0.3, 0.4) is 0 Å². The Morgan fingerprint density at radius 2 is 0.489 bits per heavy atom. The monoisotopic (exact) mass is 1960 g/mol. The Morgan fingerprint density at radius 1 is 0.311 bits per heavy atom. The lowest BCUT2D eigenvalue weighted by Gasteiger charge is -2.49. The van der Waals surface area contributed by atoms with E-state index in [0.29, 0.717) is 20.0 Å². The molecule has 0 saturated carbocycles. The Bertz CT molecular complexity index is 3980. The topological polar surface area (TPSA) is 876 Å². The van der Waals surface area contributed by atoms with Crippen LogP contribution in [-0.2, 0) is 143 Å². The van der Waals surface area contributed by atoms with Crippen molar-refractivity contribution in [3.8, 4) is 0 Å². The van der Waals surface area contributed by atoms with Crippen molar-refractivity contribution in [3.63, 3.8) is 0 Å². The average molecular weight is 1960 g/mol. The summed E-state index contributed by atoms with van der Waals surface area (Å²) in [5, 5.41) is 238. The maximum absolute atomic E-state index is 14.2. The van der Waals surface area contributed by atoms with Gasteiger partial charge < -0.3 is 214 Å². The first-order valence-corrected chi connectivity index (χ1v) is 42.2. The molecule has 6 saturated heterocycles. The number of unbranched alkanes of at least 4 members (excludes halogenated alkanes) is 2. The molecule has 135 heavy (non-hydrogen) atoms. The van der Waals surface area contributed by atoms with Crippen molar-refractivity contribution in [3.05, 3.63) is 10.4 Å². The summed E-state index contributed by atoms with van der Waals surface area (Å²) in [6.07, 6.45) is -61.1. The molecule has 0 aromatic heterocycles. The number of esters is 6. The number of nitrogens with one attached hydrogen (secondary N) is 6. The van der Waals surface area contributed by atoms with Gasteiger partial charge in [0, 0.05) is 91.5 Å². The van der Waals surface area contributed by atoms with E-state index in [-0.39, 0.29) is 19.6 Å². The molecule has 6 fully saturated rings. The average Bonchev–Trinajstić information content (AvgIpc) is 0.766. The van der Waals surface area contributed by atoms with Crippen LogP contribution in [0.1, 0.15) is 99.3 Å². The van der Waals surface area contributed by atoms with Gasteiger partial charge in [-0.2, -0.15) is 0 Å². The number of aliphatic hydroxyl groups is 19. The molecule has 0 aromatic rings. The Hall–Kier alpha value is -8.29. The van der Waals surface area contributed by atoms with Gasteiger partial charge in [-0.15, -0.1) is 0 Å². The number of carbonyl (C=O) groups is 12. The molecule has 0 aromatic carbocycles. The van der Waals surface area contributed by atoms with Crippen LogP contribution < -0.4 is 31.9 Å². The lowest BCUT2D eigenvalue weighted by atomic mass is 9.87. The van der Waals surface area contributed by atoms with Gasteiger partial charge in [0.1, 0.15) is 110 Å². The number of carbonyl (C=O) groups excluding carboxylic acids is 12. The summed E-state index contributed by atoms with van der Waals surface area (Å²) < 4.78 is 99.9. The minimum Gasteiger partial charge on any atom is -0.465 e. The fraction of sp³-hybridized carbons (Fsp3) is 0.844. The van der Waals surface area contributed by atoms with Gasteiger partial charge in [-0.3, -0.25) is 28.8 Å². The Labute approximate surface area is 768 Å². The number of amides is 6. The molecule has 0 aliphatic carbocycles. The van der Waals surface area contributed by atoms with Gasteiger partial charge in [-0.1, -0.05) is 11.5 Å². The number of ether oxygens (including phenoxy) is 18. The molecule has 6 amide bonds. The predicted octanol–water partition coefficient (Wildman–Crippen LogP) is -15.0. The normalized spacial score (nSPS) is 34.7. The van der Waals surface area contributed by atoms with Crippen LogP contribution in [0.25, 0.3) is 10.4 Å². The molecule has 6 rings (SSSR count). The molecule has 0 unspecified atom stereocenters.